The van der Waals surface area contributed by atoms with Crippen molar-refractivity contribution in [1.82, 2.24) is 9.97 Å². The molecular weight excluding hydrogens is 481 g/mol. The van der Waals surface area contributed by atoms with Crippen molar-refractivity contribution >= 4 is 33.3 Å². The van der Waals surface area contributed by atoms with E-state index in [1.807, 2.05) is 4.90 Å². The number of pyridine rings is 1. The summed E-state index contributed by atoms with van der Waals surface area (Å²) in [5, 5.41) is 12.0. The zero-order chi connectivity index (χ0) is 22.2. The summed E-state index contributed by atoms with van der Waals surface area (Å²) >= 11 is 3.24. The summed E-state index contributed by atoms with van der Waals surface area (Å²) < 4.78 is 45.8. The van der Waals surface area contributed by atoms with E-state index in [9.17, 15) is 23.1 Å². The Morgan fingerprint density at radius 2 is 2.03 bits per heavy atom. The van der Waals surface area contributed by atoms with Gasteiger partial charge in [-0.2, -0.15) is 13.2 Å². The van der Waals surface area contributed by atoms with Crippen molar-refractivity contribution in [1.29, 1.82) is 0 Å². The third-order valence-electron chi connectivity index (χ3n) is 4.70. The highest BCUT2D eigenvalue weighted by Crippen LogP contribution is 2.37. The number of benzene rings is 1. The van der Waals surface area contributed by atoms with Crippen molar-refractivity contribution in [2.24, 2.45) is 0 Å². The number of nitrogens with zero attached hydrogens (tertiary/aromatic N) is 3. The SMILES string of the molecule is O=C(Nc1ccc(N2CC[C@H](O)C2)nc1)c1nc(-c2ccccc2Br)oc1C(F)(F)F. The molecule has 11 heteroatoms. The topological polar surface area (TPSA) is 91.5 Å². The minimum atomic E-state index is -4.90. The molecule has 1 fully saturated rings. The number of hydrogen-bond acceptors (Lipinski definition) is 6. The summed E-state index contributed by atoms with van der Waals surface area (Å²) in [6, 6.07) is 9.59. The van der Waals surface area contributed by atoms with Gasteiger partial charge in [0.05, 0.1) is 23.6 Å². The number of oxazole rings is 1. The van der Waals surface area contributed by atoms with Crippen LogP contribution in [0.3, 0.4) is 0 Å². The summed E-state index contributed by atoms with van der Waals surface area (Å²) in [4.78, 5) is 22.5. The fraction of sp³-hybridized carbons (Fsp3) is 0.250. The second kappa shape index (κ2) is 8.31. The molecule has 2 aromatic heterocycles. The largest absolute Gasteiger partial charge is 0.452 e. The number of aliphatic hydroxyl groups is 1. The van der Waals surface area contributed by atoms with Gasteiger partial charge in [-0.25, -0.2) is 9.97 Å². The number of hydrogen-bond donors (Lipinski definition) is 2. The van der Waals surface area contributed by atoms with Gasteiger partial charge in [0, 0.05) is 17.6 Å². The molecule has 0 radical (unpaired) electrons. The monoisotopic (exact) mass is 496 g/mol. The molecule has 0 unspecified atom stereocenters. The Hall–Kier alpha value is -2.92. The maximum Gasteiger partial charge on any atom is 0.452 e. The van der Waals surface area contributed by atoms with Gasteiger partial charge in [0.2, 0.25) is 11.7 Å². The molecule has 0 saturated carbocycles. The molecule has 3 heterocycles. The van der Waals surface area contributed by atoms with Crippen LogP contribution >= 0.6 is 15.9 Å². The highest BCUT2D eigenvalue weighted by Gasteiger charge is 2.42. The van der Waals surface area contributed by atoms with Crippen molar-refractivity contribution in [3.05, 3.63) is 58.5 Å². The third-order valence-corrected chi connectivity index (χ3v) is 5.39. The van der Waals surface area contributed by atoms with Crippen LogP contribution in [0.1, 0.15) is 22.7 Å². The molecule has 1 atom stereocenters. The van der Waals surface area contributed by atoms with Gasteiger partial charge in [0.15, 0.2) is 5.69 Å². The molecule has 31 heavy (non-hydrogen) atoms. The number of halogens is 4. The number of nitrogens with one attached hydrogen (secondary N) is 1. The standard InChI is InChI=1S/C20H16BrF3N4O3/c21-14-4-2-1-3-13(14)19-27-16(17(31-19)20(22,23)24)18(30)26-11-5-6-15(25-9-11)28-8-7-12(29)10-28/h1-6,9,12,29H,7-8,10H2,(H,26,30)/t12-/m0/s1. The maximum atomic E-state index is 13.5. The lowest BCUT2D eigenvalue weighted by atomic mass is 10.2. The molecule has 0 aliphatic carbocycles. The predicted molar refractivity (Wildman–Crippen MR) is 110 cm³/mol. The highest BCUT2D eigenvalue weighted by molar-refractivity contribution is 9.10. The Kier molecular flexibility index (Phi) is 5.71. The zero-order valence-electron chi connectivity index (χ0n) is 15.9. The van der Waals surface area contributed by atoms with E-state index in [2.05, 4.69) is 31.2 Å². The number of amides is 1. The van der Waals surface area contributed by atoms with Crippen molar-refractivity contribution in [3.8, 4) is 11.5 Å². The van der Waals surface area contributed by atoms with Crippen LogP contribution in [-0.4, -0.2) is 40.2 Å². The molecule has 1 aliphatic rings. The number of β-amino-alcohol motifs (C(OH)–C–C–N with tert-alkyl or cyclic N) is 1. The normalized spacial score (nSPS) is 16.5. The first kappa shape index (κ1) is 21.3. The number of alkyl halides is 3. The summed E-state index contributed by atoms with van der Waals surface area (Å²) in [5.41, 5.74) is -0.386. The lowest BCUT2D eigenvalue weighted by molar-refractivity contribution is -0.153. The Bertz CT molecular complexity index is 1100. The number of aliphatic hydroxyl groups excluding tert-OH is 1. The molecule has 1 aliphatic heterocycles. The van der Waals surface area contributed by atoms with Crippen LogP contribution in [-0.2, 0) is 6.18 Å². The Balaban J connectivity index is 1.58. The first-order valence-corrected chi connectivity index (χ1v) is 10.0. The second-order valence-electron chi connectivity index (χ2n) is 6.92. The average molecular weight is 497 g/mol. The van der Waals surface area contributed by atoms with E-state index in [0.717, 1.165) is 0 Å². The molecule has 0 bridgehead atoms. The van der Waals surface area contributed by atoms with Crippen molar-refractivity contribution in [2.45, 2.75) is 18.7 Å². The number of rotatable bonds is 4. The van der Waals surface area contributed by atoms with Gasteiger partial charge in [-0.1, -0.05) is 12.1 Å². The van der Waals surface area contributed by atoms with Gasteiger partial charge in [-0.05, 0) is 46.6 Å². The van der Waals surface area contributed by atoms with E-state index in [1.54, 1.807) is 24.3 Å². The Labute approximate surface area is 183 Å². The molecule has 7 nitrogen and oxygen atoms in total. The molecule has 3 aromatic rings. The van der Waals surface area contributed by atoms with Gasteiger partial charge in [0.1, 0.15) is 5.82 Å². The average Bonchev–Trinajstić information content (AvgIpc) is 3.36. The van der Waals surface area contributed by atoms with Crippen LogP contribution in [0.15, 0.2) is 51.5 Å². The van der Waals surface area contributed by atoms with Crippen molar-refractivity contribution in [2.75, 3.05) is 23.3 Å². The van der Waals surface area contributed by atoms with Gasteiger partial charge in [0.25, 0.3) is 5.91 Å². The Morgan fingerprint density at radius 1 is 1.26 bits per heavy atom. The predicted octanol–water partition coefficient (Wildman–Crippen LogP) is 4.34. The highest BCUT2D eigenvalue weighted by atomic mass is 79.9. The fourth-order valence-electron chi connectivity index (χ4n) is 3.20. The number of carbonyl (C=O) groups is 1. The van der Waals surface area contributed by atoms with Gasteiger partial charge in [-0.3, -0.25) is 4.79 Å². The minimum Gasteiger partial charge on any atom is -0.431 e. The van der Waals surface area contributed by atoms with Gasteiger partial charge >= 0.3 is 6.18 Å². The molecule has 4 rings (SSSR count). The van der Waals surface area contributed by atoms with Gasteiger partial charge < -0.3 is 19.7 Å². The maximum absolute atomic E-state index is 13.5. The van der Waals surface area contributed by atoms with E-state index < -0.39 is 29.6 Å². The molecule has 0 spiro atoms. The summed E-state index contributed by atoms with van der Waals surface area (Å²) in [5.74, 6) is -2.28. The van der Waals surface area contributed by atoms with E-state index in [-0.39, 0.29) is 17.1 Å². The van der Waals surface area contributed by atoms with E-state index in [4.69, 9.17) is 4.42 Å². The molecule has 162 valence electrons. The van der Waals surface area contributed by atoms with Crippen LogP contribution < -0.4 is 10.2 Å². The van der Waals surface area contributed by atoms with Crippen LogP contribution in [0.4, 0.5) is 24.7 Å². The summed E-state index contributed by atoms with van der Waals surface area (Å²) in [7, 11) is 0. The lowest BCUT2D eigenvalue weighted by Gasteiger charge is -2.16. The third kappa shape index (κ3) is 4.57. The van der Waals surface area contributed by atoms with Crippen LogP contribution in [0.25, 0.3) is 11.5 Å². The lowest BCUT2D eigenvalue weighted by Crippen LogP contribution is -2.22. The zero-order valence-corrected chi connectivity index (χ0v) is 17.4. The molecule has 1 amide bonds. The van der Waals surface area contributed by atoms with Crippen LogP contribution in [0, 0.1) is 0 Å². The minimum absolute atomic E-state index is 0.201. The molecule has 1 aromatic carbocycles. The van der Waals surface area contributed by atoms with E-state index in [0.29, 0.717) is 29.8 Å². The Morgan fingerprint density at radius 3 is 2.65 bits per heavy atom. The van der Waals surface area contributed by atoms with Crippen molar-refractivity contribution < 1.29 is 27.5 Å². The smallest absolute Gasteiger partial charge is 0.431 e. The van der Waals surface area contributed by atoms with E-state index >= 15 is 0 Å². The first-order chi connectivity index (χ1) is 14.7. The van der Waals surface area contributed by atoms with E-state index in [1.165, 1.54) is 18.3 Å². The molecule has 1 saturated heterocycles. The van der Waals surface area contributed by atoms with Crippen LogP contribution in [0.2, 0.25) is 0 Å². The first-order valence-electron chi connectivity index (χ1n) is 9.25. The number of carbonyl (C=O) groups excluding carboxylic acids is 1. The van der Waals surface area contributed by atoms with Crippen molar-refractivity contribution in [3.63, 3.8) is 0 Å². The molecular formula is C20H16BrF3N4O3. The molecule has 2 N–H and O–H groups in total. The summed E-state index contributed by atoms with van der Waals surface area (Å²) in [6.07, 6.45) is -3.36. The second-order valence-corrected chi connectivity index (χ2v) is 7.78. The quantitative estimate of drug-likeness (QED) is 0.558. The van der Waals surface area contributed by atoms with Gasteiger partial charge in [-0.15, -0.1) is 0 Å². The fourth-order valence-corrected chi connectivity index (χ4v) is 3.66. The number of aromatic nitrogens is 2. The van der Waals surface area contributed by atoms with Crippen LogP contribution in [0.5, 0.6) is 0 Å². The summed E-state index contributed by atoms with van der Waals surface area (Å²) in [6.45, 7) is 1.09. The number of anilines is 2.